The molecule has 0 fully saturated rings. The first-order valence-corrected chi connectivity index (χ1v) is 11.1. The SMILES string of the molecule is CCCC[C@](N)(CC)CSc1cc(Br)c(OC)cc1C(=O)c1ccccc1. The van der Waals surface area contributed by atoms with Gasteiger partial charge in [0.2, 0.25) is 0 Å². The van der Waals surface area contributed by atoms with E-state index in [1.807, 2.05) is 42.5 Å². The Morgan fingerprint density at radius 1 is 1.22 bits per heavy atom. The van der Waals surface area contributed by atoms with Gasteiger partial charge in [-0.1, -0.05) is 57.0 Å². The molecule has 0 aliphatic heterocycles. The van der Waals surface area contributed by atoms with Crippen molar-refractivity contribution in [2.24, 2.45) is 5.73 Å². The monoisotopic (exact) mass is 449 g/mol. The molecule has 0 radical (unpaired) electrons. The van der Waals surface area contributed by atoms with E-state index < -0.39 is 0 Å². The van der Waals surface area contributed by atoms with Crippen LogP contribution in [-0.2, 0) is 0 Å². The fourth-order valence-corrected chi connectivity index (χ4v) is 4.79. The van der Waals surface area contributed by atoms with Crippen LogP contribution in [0, 0.1) is 0 Å². The van der Waals surface area contributed by atoms with Crippen LogP contribution in [0.5, 0.6) is 5.75 Å². The summed E-state index contributed by atoms with van der Waals surface area (Å²) >= 11 is 5.20. The van der Waals surface area contributed by atoms with Crippen molar-refractivity contribution in [1.82, 2.24) is 0 Å². The Bertz CT molecular complexity index is 766. The number of ether oxygens (including phenoxy) is 1. The van der Waals surface area contributed by atoms with Crippen molar-refractivity contribution in [3.05, 3.63) is 58.1 Å². The second-order valence-electron chi connectivity index (χ2n) is 6.79. The topological polar surface area (TPSA) is 52.3 Å². The van der Waals surface area contributed by atoms with Crippen LogP contribution < -0.4 is 10.5 Å². The number of halogens is 1. The Hall–Kier alpha value is -1.30. The van der Waals surface area contributed by atoms with Crippen LogP contribution in [0.15, 0.2) is 51.8 Å². The summed E-state index contributed by atoms with van der Waals surface area (Å²) in [5.74, 6) is 1.42. The van der Waals surface area contributed by atoms with Crippen LogP contribution in [0.4, 0.5) is 0 Å². The molecule has 5 heteroatoms. The molecule has 27 heavy (non-hydrogen) atoms. The van der Waals surface area contributed by atoms with E-state index in [1.165, 1.54) is 0 Å². The second-order valence-corrected chi connectivity index (χ2v) is 8.66. The van der Waals surface area contributed by atoms with Crippen molar-refractivity contribution >= 4 is 33.5 Å². The van der Waals surface area contributed by atoms with Gasteiger partial charge in [-0.25, -0.2) is 0 Å². The molecule has 0 heterocycles. The molecular formula is C22H28BrNO2S. The van der Waals surface area contributed by atoms with Crippen molar-refractivity contribution < 1.29 is 9.53 Å². The van der Waals surface area contributed by atoms with Crippen LogP contribution >= 0.6 is 27.7 Å². The first-order valence-electron chi connectivity index (χ1n) is 9.33. The van der Waals surface area contributed by atoms with E-state index in [-0.39, 0.29) is 11.3 Å². The number of rotatable bonds is 10. The van der Waals surface area contributed by atoms with Gasteiger partial charge in [-0.2, -0.15) is 0 Å². The average Bonchev–Trinajstić information content (AvgIpc) is 2.71. The second kappa shape index (κ2) is 10.3. The molecule has 2 N–H and O–H groups in total. The van der Waals surface area contributed by atoms with Gasteiger partial charge in [-0.15, -0.1) is 11.8 Å². The van der Waals surface area contributed by atoms with Crippen molar-refractivity contribution in [1.29, 1.82) is 0 Å². The van der Waals surface area contributed by atoms with Crippen LogP contribution in [0.25, 0.3) is 0 Å². The van der Waals surface area contributed by atoms with Crippen molar-refractivity contribution in [2.45, 2.75) is 50.0 Å². The fraction of sp³-hybridized carbons (Fsp3) is 0.409. The lowest BCUT2D eigenvalue weighted by Crippen LogP contribution is -2.41. The predicted octanol–water partition coefficient (Wildman–Crippen LogP) is 6.08. The molecule has 0 amide bonds. The maximum absolute atomic E-state index is 13.1. The Morgan fingerprint density at radius 2 is 1.93 bits per heavy atom. The van der Waals surface area contributed by atoms with Gasteiger partial charge in [-0.05, 0) is 40.9 Å². The molecule has 0 saturated carbocycles. The number of carbonyl (C=O) groups excluding carboxylic acids is 1. The number of carbonyl (C=O) groups is 1. The first-order chi connectivity index (χ1) is 12.9. The van der Waals surface area contributed by atoms with Gasteiger partial charge in [0.25, 0.3) is 0 Å². The zero-order valence-corrected chi connectivity index (χ0v) is 18.7. The zero-order chi connectivity index (χ0) is 19.9. The van der Waals surface area contributed by atoms with E-state index in [4.69, 9.17) is 10.5 Å². The largest absolute Gasteiger partial charge is 0.496 e. The Balaban J connectivity index is 2.34. The first kappa shape index (κ1) is 22.0. The molecule has 146 valence electrons. The summed E-state index contributed by atoms with van der Waals surface area (Å²) in [5.41, 5.74) is 7.72. The Kier molecular flexibility index (Phi) is 8.39. The predicted molar refractivity (Wildman–Crippen MR) is 118 cm³/mol. The molecule has 0 saturated heterocycles. The van der Waals surface area contributed by atoms with Crippen molar-refractivity contribution in [2.75, 3.05) is 12.9 Å². The van der Waals surface area contributed by atoms with E-state index in [0.717, 1.165) is 40.8 Å². The smallest absolute Gasteiger partial charge is 0.194 e. The summed E-state index contributed by atoms with van der Waals surface area (Å²) in [6, 6.07) is 13.1. The third-order valence-electron chi connectivity index (χ3n) is 4.78. The molecule has 0 aliphatic rings. The quantitative estimate of drug-likeness (QED) is 0.352. The summed E-state index contributed by atoms with van der Waals surface area (Å²) in [6.07, 6.45) is 4.16. The number of hydrogen-bond acceptors (Lipinski definition) is 4. The number of thioether (sulfide) groups is 1. The third-order valence-corrected chi connectivity index (χ3v) is 6.77. The number of nitrogens with two attached hydrogens (primary N) is 1. The third kappa shape index (κ3) is 5.84. The lowest BCUT2D eigenvalue weighted by Gasteiger charge is -2.28. The lowest BCUT2D eigenvalue weighted by molar-refractivity contribution is 0.103. The van der Waals surface area contributed by atoms with Crippen LogP contribution in [0.3, 0.4) is 0 Å². The van der Waals surface area contributed by atoms with E-state index >= 15 is 0 Å². The number of unbranched alkanes of at least 4 members (excludes halogenated alkanes) is 1. The minimum absolute atomic E-state index is 0.00317. The summed E-state index contributed by atoms with van der Waals surface area (Å²) in [7, 11) is 1.61. The molecular weight excluding hydrogens is 422 g/mol. The Labute approximate surface area is 175 Å². The highest BCUT2D eigenvalue weighted by molar-refractivity contribution is 9.10. The molecule has 3 nitrogen and oxygen atoms in total. The molecule has 0 unspecified atom stereocenters. The van der Waals surface area contributed by atoms with Gasteiger partial charge in [-0.3, -0.25) is 4.79 Å². The van der Waals surface area contributed by atoms with E-state index in [0.29, 0.717) is 16.9 Å². The standard InChI is InChI=1S/C22H28BrNO2S/c1-4-6-12-22(24,5-2)15-27-20-14-18(23)19(26-3)13-17(20)21(25)16-10-8-7-9-11-16/h7-11,13-14H,4-6,12,15,24H2,1-3H3/t22-/m1/s1. The molecule has 1 atom stereocenters. The van der Waals surface area contributed by atoms with E-state index in [2.05, 4.69) is 29.8 Å². The maximum atomic E-state index is 13.1. The van der Waals surface area contributed by atoms with Gasteiger partial charge >= 0.3 is 0 Å². The number of methoxy groups -OCH3 is 1. The summed E-state index contributed by atoms with van der Waals surface area (Å²) in [6.45, 7) is 4.32. The molecule has 2 aromatic rings. The van der Waals surface area contributed by atoms with Crippen LogP contribution in [0.2, 0.25) is 0 Å². The highest BCUT2D eigenvalue weighted by atomic mass is 79.9. The van der Waals surface area contributed by atoms with Crippen molar-refractivity contribution in [3.8, 4) is 5.75 Å². The normalized spacial score (nSPS) is 13.2. The molecule has 2 rings (SSSR count). The summed E-state index contributed by atoms with van der Waals surface area (Å²) < 4.78 is 6.25. The zero-order valence-electron chi connectivity index (χ0n) is 16.3. The van der Waals surface area contributed by atoms with E-state index in [9.17, 15) is 4.79 Å². The maximum Gasteiger partial charge on any atom is 0.194 e. The minimum Gasteiger partial charge on any atom is -0.496 e. The van der Waals surface area contributed by atoms with E-state index in [1.54, 1.807) is 18.9 Å². The average molecular weight is 450 g/mol. The van der Waals surface area contributed by atoms with Gasteiger partial charge in [0, 0.05) is 27.3 Å². The minimum atomic E-state index is -0.222. The molecule has 2 aromatic carbocycles. The molecule has 0 aromatic heterocycles. The number of benzene rings is 2. The van der Waals surface area contributed by atoms with Gasteiger partial charge in [0.15, 0.2) is 5.78 Å². The fourth-order valence-electron chi connectivity index (χ4n) is 2.83. The molecule has 0 bridgehead atoms. The number of ketones is 1. The Morgan fingerprint density at radius 3 is 2.52 bits per heavy atom. The molecule has 0 aliphatic carbocycles. The number of hydrogen-bond donors (Lipinski definition) is 1. The highest BCUT2D eigenvalue weighted by Gasteiger charge is 2.24. The van der Waals surface area contributed by atoms with Crippen LogP contribution in [-0.4, -0.2) is 24.2 Å². The summed E-state index contributed by atoms with van der Waals surface area (Å²) in [4.78, 5) is 14.0. The molecule has 0 spiro atoms. The highest BCUT2D eigenvalue weighted by Crippen LogP contribution is 2.36. The summed E-state index contributed by atoms with van der Waals surface area (Å²) in [5, 5.41) is 0. The van der Waals surface area contributed by atoms with Gasteiger partial charge < -0.3 is 10.5 Å². The van der Waals surface area contributed by atoms with Crippen molar-refractivity contribution in [3.63, 3.8) is 0 Å². The van der Waals surface area contributed by atoms with Gasteiger partial charge in [0.1, 0.15) is 5.75 Å². The van der Waals surface area contributed by atoms with Crippen LogP contribution in [0.1, 0.15) is 55.5 Å². The lowest BCUT2D eigenvalue weighted by atomic mass is 9.93. The van der Waals surface area contributed by atoms with Gasteiger partial charge in [0.05, 0.1) is 11.6 Å².